The van der Waals surface area contributed by atoms with Crippen molar-refractivity contribution in [2.75, 3.05) is 5.32 Å². The van der Waals surface area contributed by atoms with Gasteiger partial charge in [-0.05, 0) is 53.9 Å². The largest absolute Gasteiger partial charge is 0.322 e. The second kappa shape index (κ2) is 7.47. The molecular weight excluding hydrogens is 343 g/mol. The second-order valence-electron chi connectivity index (χ2n) is 5.28. The highest BCUT2D eigenvalue weighted by Gasteiger charge is 2.14. The Hall–Kier alpha value is -2.36. The molecule has 1 heterocycles. The first-order valence-corrected chi connectivity index (χ1v) is 8.12. The van der Waals surface area contributed by atoms with Crippen molar-refractivity contribution in [2.45, 2.75) is 6.42 Å². The van der Waals surface area contributed by atoms with E-state index in [0.717, 1.165) is 12.0 Å². The number of halogens is 2. The molecule has 24 heavy (non-hydrogen) atoms. The molecule has 120 valence electrons. The molecule has 1 amide bonds. The van der Waals surface area contributed by atoms with E-state index in [0.29, 0.717) is 15.7 Å². The van der Waals surface area contributed by atoms with E-state index in [9.17, 15) is 4.79 Å². The molecule has 0 fully saturated rings. The maximum Gasteiger partial charge on any atom is 0.258 e. The van der Waals surface area contributed by atoms with Gasteiger partial charge in [0, 0.05) is 18.1 Å². The van der Waals surface area contributed by atoms with Crippen molar-refractivity contribution in [3.63, 3.8) is 0 Å². The fourth-order valence-electron chi connectivity index (χ4n) is 2.35. The van der Waals surface area contributed by atoms with E-state index in [-0.39, 0.29) is 11.5 Å². The number of hydrogen-bond donors (Lipinski definition) is 1. The molecule has 0 aliphatic heterocycles. The molecule has 3 aromatic rings. The number of amides is 1. The number of rotatable bonds is 4. The lowest BCUT2D eigenvalue weighted by Crippen LogP contribution is -2.13. The SMILES string of the molecule is O=C(Nc1ccc(Cc2ccncc2)cc1)c1c(Cl)cccc1Cl. The zero-order valence-electron chi connectivity index (χ0n) is 12.7. The topological polar surface area (TPSA) is 42.0 Å². The lowest BCUT2D eigenvalue weighted by Gasteiger charge is -2.09. The van der Waals surface area contributed by atoms with Crippen LogP contribution in [0.1, 0.15) is 21.5 Å². The van der Waals surface area contributed by atoms with E-state index in [2.05, 4.69) is 10.3 Å². The van der Waals surface area contributed by atoms with Crippen LogP contribution in [0.4, 0.5) is 5.69 Å². The molecule has 0 saturated carbocycles. The van der Waals surface area contributed by atoms with E-state index in [1.165, 1.54) is 5.56 Å². The monoisotopic (exact) mass is 356 g/mol. The fourth-order valence-corrected chi connectivity index (χ4v) is 2.92. The number of anilines is 1. The normalized spacial score (nSPS) is 10.4. The predicted molar refractivity (Wildman–Crippen MR) is 97.9 cm³/mol. The molecule has 0 saturated heterocycles. The van der Waals surface area contributed by atoms with Crippen LogP contribution in [0.15, 0.2) is 67.0 Å². The Labute approximate surface area is 150 Å². The summed E-state index contributed by atoms with van der Waals surface area (Å²) in [6, 6.07) is 16.6. The average molecular weight is 357 g/mol. The molecule has 3 nitrogen and oxygen atoms in total. The van der Waals surface area contributed by atoms with Crippen LogP contribution in [-0.2, 0) is 6.42 Å². The lowest BCUT2D eigenvalue weighted by molar-refractivity contribution is 0.102. The first kappa shape index (κ1) is 16.5. The Morgan fingerprint density at radius 3 is 2.08 bits per heavy atom. The van der Waals surface area contributed by atoms with Gasteiger partial charge < -0.3 is 5.32 Å². The van der Waals surface area contributed by atoms with Gasteiger partial charge in [-0.1, -0.05) is 41.4 Å². The van der Waals surface area contributed by atoms with Crippen molar-refractivity contribution in [1.82, 2.24) is 4.98 Å². The number of aromatic nitrogens is 1. The fraction of sp³-hybridized carbons (Fsp3) is 0.0526. The number of nitrogens with one attached hydrogen (secondary N) is 1. The van der Waals surface area contributed by atoms with Crippen LogP contribution < -0.4 is 5.32 Å². The van der Waals surface area contributed by atoms with Crippen LogP contribution in [0.3, 0.4) is 0 Å². The minimum atomic E-state index is -0.326. The number of carbonyl (C=O) groups excluding carboxylic acids is 1. The van der Waals surface area contributed by atoms with E-state index < -0.39 is 0 Å². The molecule has 0 radical (unpaired) electrons. The van der Waals surface area contributed by atoms with E-state index >= 15 is 0 Å². The Morgan fingerprint density at radius 1 is 0.875 bits per heavy atom. The van der Waals surface area contributed by atoms with Gasteiger partial charge in [0.05, 0.1) is 15.6 Å². The summed E-state index contributed by atoms with van der Waals surface area (Å²) in [6.07, 6.45) is 4.36. The molecule has 0 unspecified atom stereocenters. The molecule has 3 rings (SSSR count). The number of nitrogens with zero attached hydrogens (tertiary/aromatic N) is 1. The zero-order chi connectivity index (χ0) is 16.9. The molecule has 0 aliphatic carbocycles. The molecule has 1 aromatic heterocycles. The van der Waals surface area contributed by atoms with Crippen molar-refractivity contribution in [3.8, 4) is 0 Å². The average Bonchev–Trinajstić information content (AvgIpc) is 2.57. The van der Waals surface area contributed by atoms with Crippen LogP contribution in [0.25, 0.3) is 0 Å². The van der Waals surface area contributed by atoms with E-state index in [1.54, 1.807) is 30.6 Å². The third-order valence-electron chi connectivity index (χ3n) is 3.56. The summed E-state index contributed by atoms with van der Waals surface area (Å²) >= 11 is 12.1. The van der Waals surface area contributed by atoms with E-state index in [1.807, 2.05) is 36.4 Å². The zero-order valence-corrected chi connectivity index (χ0v) is 14.2. The molecule has 0 bridgehead atoms. The Kier molecular flexibility index (Phi) is 5.14. The third kappa shape index (κ3) is 3.94. The second-order valence-corrected chi connectivity index (χ2v) is 6.09. The summed E-state index contributed by atoms with van der Waals surface area (Å²) in [5.74, 6) is -0.326. The Balaban J connectivity index is 1.71. The van der Waals surface area contributed by atoms with Crippen LogP contribution in [-0.4, -0.2) is 10.9 Å². The summed E-state index contributed by atoms with van der Waals surface area (Å²) in [5.41, 5.74) is 3.30. The van der Waals surface area contributed by atoms with Crippen LogP contribution in [0.5, 0.6) is 0 Å². The summed E-state index contributed by atoms with van der Waals surface area (Å²) in [4.78, 5) is 16.4. The van der Waals surface area contributed by atoms with Gasteiger partial charge in [0.1, 0.15) is 0 Å². The summed E-state index contributed by atoms with van der Waals surface area (Å²) in [6.45, 7) is 0. The maximum absolute atomic E-state index is 12.3. The van der Waals surface area contributed by atoms with Gasteiger partial charge in [-0.15, -0.1) is 0 Å². The number of hydrogen-bond acceptors (Lipinski definition) is 2. The number of pyridine rings is 1. The minimum Gasteiger partial charge on any atom is -0.322 e. The first-order chi connectivity index (χ1) is 11.6. The first-order valence-electron chi connectivity index (χ1n) is 7.36. The predicted octanol–water partition coefficient (Wildman–Crippen LogP) is 5.23. The smallest absolute Gasteiger partial charge is 0.258 e. The van der Waals surface area contributed by atoms with Gasteiger partial charge in [-0.3, -0.25) is 9.78 Å². The summed E-state index contributed by atoms with van der Waals surface area (Å²) in [7, 11) is 0. The van der Waals surface area contributed by atoms with Crippen molar-refractivity contribution >= 4 is 34.8 Å². The number of carbonyl (C=O) groups is 1. The van der Waals surface area contributed by atoms with Crippen LogP contribution in [0.2, 0.25) is 10.0 Å². The van der Waals surface area contributed by atoms with E-state index in [4.69, 9.17) is 23.2 Å². The van der Waals surface area contributed by atoms with Gasteiger partial charge in [0.15, 0.2) is 0 Å². The molecule has 0 spiro atoms. The van der Waals surface area contributed by atoms with Gasteiger partial charge in [-0.2, -0.15) is 0 Å². The highest BCUT2D eigenvalue weighted by Crippen LogP contribution is 2.25. The van der Waals surface area contributed by atoms with Gasteiger partial charge >= 0.3 is 0 Å². The quantitative estimate of drug-likeness (QED) is 0.695. The van der Waals surface area contributed by atoms with Gasteiger partial charge in [0.25, 0.3) is 5.91 Å². The summed E-state index contributed by atoms with van der Waals surface area (Å²) in [5, 5.41) is 3.47. The minimum absolute atomic E-state index is 0.279. The van der Waals surface area contributed by atoms with Crippen molar-refractivity contribution in [1.29, 1.82) is 0 Å². The number of benzene rings is 2. The molecular formula is C19H14Cl2N2O. The van der Waals surface area contributed by atoms with Gasteiger partial charge in [0.2, 0.25) is 0 Å². The van der Waals surface area contributed by atoms with Crippen molar-refractivity contribution < 1.29 is 4.79 Å². The van der Waals surface area contributed by atoms with Crippen molar-refractivity contribution in [3.05, 3.63) is 93.7 Å². The molecule has 1 N–H and O–H groups in total. The highest BCUT2D eigenvalue weighted by atomic mass is 35.5. The molecule has 5 heteroatoms. The molecule has 2 aromatic carbocycles. The summed E-state index contributed by atoms with van der Waals surface area (Å²) < 4.78 is 0. The molecule has 0 aliphatic rings. The Morgan fingerprint density at radius 2 is 1.46 bits per heavy atom. The standard InChI is InChI=1S/C19H14Cl2N2O/c20-16-2-1-3-17(21)18(16)19(24)23-15-6-4-13(5-7-15)12-14-8-10-22-11-9-14/h1-11H,12H2,(H,23,24). The highest BCUT2D eigenvalue weighted by molar-refractivity contribution is 6.40. The van der Waals surface area contributed by atoms with Crippen molar-refractivity contribution in [2.24, 2.45) is 0 Å². The molecule has 0 atom stereocenters. The lowest BCUT2D eigenvalue weighted by atomic mass is 10.1. The van der Waals surface area contributed by atoms with Crippen LogP contribution in [0, 0.1) is 0 Å². The maximum atomic E-state index is 12.3. The van der Waals surface area contributed by atoms with Gasteiger partial charge in [-0.25, -0.2) is 0 Å². The third-order valence-corrected chi connectivity index (χ3v) is 4.19. The van der Waals surface area contributed by atoms with Crippen LogP contribution >= 0.6 is 23.2 Å². The Bertz CT molecular complexity index is 829.